The number of thioether (sulfide) groups is 1. The molecule has 0 saturated heterocycles. The molecule has 1 N–H and O–H groups in total. The summed E-state index contributed by atoms with van der Waals surface area (Å²) in [4.78, 5) is 22.9. The zero-order valence-corrected chi connectivity index (χ0v) is 16.1. The van der Waals surface area contributed by atoms with Gasteiger partial charge in [0.05, 0.1) is 26.3 Å². The Morgan fingerprint density at radius 2 is 2.10 bits per heavy atom. The lowest BCUT2D eigenvalue weighted by Gasteiger charge is -2.15. The number of hydrogen-bond donors (Lipinski definition) is 1. The standard InChI is InChI=1S/C16H11F3N4O4S2/c1-8(29-15-22-21-14(27-15)12-3-2-6-28-12)13(24)20-11-5-4-9(23(25)26)7-10(11)16(17,18)19/h2-8H,1H3,(H,20,24)/t8-/m0/s1. The molecule has 0 aliphatic rings. The molecule has 1 atom stereocenters. The Morgan fingerprint density at radius 1 is 1.34 bits per heavy atom. The number of carbonyl (C=O) groups excluding carboxylic acids is 1. The van der Waals surface area contributed by atoms with Crippen LogP contribution in [0.5, 0.6) is 0 Å². The lowest BCUT2D eigenvalue weighted by molar-refractivity contribution is -0.385. The molecule has 0 saturated carbocycles. The van der Waals surface area contributed by atoms with Crippen LogP contribution in [0.1, 0.15) is 12.5 Å². The van der Waals surface area contributed by atoms with E-state index in [1.165, 1.54) is 18.3 Å². The lowest BCUT2D eigenvalue weighted by Crippen LogP contribution is -2.24. The molecule has 13 heteroatoms. The molecule has 3 rings (SSSR count). The SMILES string of the molecule is C[C@H](Sc1nnc(-c2cccs2)o1)C(=O)Nc1ccc([N+](=O)[O-])cc1C(F)(F)F. The molecule has 1 aromatic carbocycles. The molecule has 29 heavy (non-hydrogen) atoms. The van der Waals surface area contributed by atoms with Gasteiger partial charge in [-0.1, -0.05) is 17.8 Å². The predicted octanol–water partition coefficient (Wildman–Crippen LogP) is 4.84. The van der Waals surface area contributed by atoms with Crippen molar-refractivity contribution in [2.75, 3.05) is 5.32 Å². The molecule has 8 nitrogen and oxygen atoms in total. The van der Waals surface area contributed by atoms with E-state index >= 15 is 0 Å². The molecule has 152 valence electrons. The van der Waals surface area contributed by atoms with E-state index in [4.69, 9.17) is 4.42 Å². The molecule has 0 unspecified atom stereocenters. The van der Waals surface area contributed by atoms with E-state index in [0.717, 1.165) is 28.8 Å². The molecule has 0 bridgehead atoms. The fourth-order valence-electron chi connectivity index (χ4n) is 2.19. The van der Waals surface area contributed by atoms with Crippen LogP contribution in [-0.4, -0.2) is 26.3 Å². The number of thiophene rings is 1. The summed E-state index contributed by atoms with van der Waals surface area (Å²) in [6.45, 7) is 1.45. The molecule has 1 amide bonds. The number of nitro groups is 1. The summed E-state index contributed by atoms with van der Waals surface area (Å²) in [5.41, 5.74) is -2.62. The highest BCUT2D eigenvalue weighted by molar-refractivity contribution is 8.00. The highest BCUT2D eigenvalue weighted by Gasteiger charge is 2.36. The number of halogens is 3. The van der Waals surface area contributed by atoms with Crippen LogP contribution in [0.15, 0.2) is 45.4 Å². The van der Waals surface area contributed by atoms with Crippen molar-refractivity contribution in [3.8, 4) is 10.8 Å². The quantitative estimate of drug-likeness (QED) is 0.329. The summed E-state index contributed by atoms with van der Waals surface area (Å²) in [5, 5.41) is 21.6. The maximum atomic E-state index is 13.2. The van der Waals surface area contributed by atoms with Crippen LogP contribution in [0.25, 0.3) is 10.8 Å². The maximum absolute atomic E-state index is 13.2. The van der Waals surface area contributed by atoms with Crippen LogP contribution >= 0.6 is 23.1 Å². The molecule has 0 aliphatic carbocycles. The second-order valence-electron chi connectivity index (χ2n) is 5.58. The normalized spacial score (nSPS) is 12.6. The third kappa shape index (κ3) is 4.92. The van der Waals surface area contributed by atoms with Gasteiger partial charge in [-0.2, -0.15) is 13.2 Å². The Balaban J connectivity index is 1.73. The minimum atomic E-state index is -4.88. The number of anilines is 1. The fraction of sp³-hybridized carbons (Fsp3) is 0.188. The van der Waals surface area contributed by atoms with Crippen molar-refractivity contribution in [3.63, 3.8) is 0 Å². The number of alkyl halides is 3. The van der Waals surface area contributed by atoms with Gasteiger partial charge in [-0.05, 0) is 24.4 Å². The van der Waals surface area contributed by atoms with Crippen molar-refractivity contribution in [2.24, 2.45) is 0 Å². The third-order valence-electron chi connectivity index (χ3n) is 3.56. The van der Waals surface area contributed by atoms with Crippen LogP contribution in [0.4, 0.5) is 24.5 Å². The topological polar surface area (TPSA) is 111 Å². The smallest absolute Gasteiger partial charge is 0.410 e. The lowest BCUT2D eigenvalue weighted by atomic mass is 10.1. The van der Waals surface area contributed by atoms with Gasteiger partial charge in [0.1, 0.15) is 0 Å². The van der Waals surface area contributed by atoms with Crippen molar-refractivity contribution in [2.45, 2.75) is 23.6 Å². The van der Waals surface area contributed by atoms with Gasteiger partial charge >= 0.3 is 6.18 Å². The number of nitrogens with zero attached hydrogens (tertiary/aromatic N) is 3. The number of rotatable bonds is 6. The zero-order valence-electron chi connectivity index (χ0n) is 14.5. The third-order valence-corrected chi connectivity index (χ3v) is 5.35. The number of nitrogens with one attached hydrogen (secondary N) is 1. The van der Waals surface area contributed by atoms with Gasteiger partial charge in [-0.15, -0.1) is 21.5 Å². The largest absolute Gasteiger partial charge is 0.418 e. The second-order valence-corrected chi connectivity index (χ2v) is 7.82. The van der Waals surface area contributed by atoms with Gasteiger partial charge in [0.15, 0.2) is 0 Å². The van der Waals surface area contributed by atoms with E-state index in [9.17, 15) is 28.1 Å². The Hall–Kier alpha value is -2.93. The predicted molar refractivity (Wildman–Crippen MR) is 99.7 cm³/mol. The molecule has 0 radical (unpaired) electrons. The minimum Gasteiger partial charge on any atom is -0.410 e. The van der Waals surface area contributed by atoms with Crippen molar-refractivity contribution in [1.82, 2.24) is 10.2 Å². The summed E-state index contributed by atoms with van der Waals surface area (Å²) in [6, 6.07) is 5.68. The number of hydrogen-bond acceptors (Lipinski definition) is 8. The number of amides is 1. The minimum absolute atomic E-state index is 0.0794. The molecule has 3 aromatic rings. The number of carbonyl (C=O) groups is 1. The number of aromatic nitrogens is 2. The van der Waals surface area contributed by atoms with Crippen LogP contribution in [0.2, 0.25) is 0 Å². The Labute approximate surface area is 169 Å². The number of benzene rings is 1. The van der Waals surface area contributed by atoms with Gasteiger partial charge in [-0.25, -0.2) is 0 Å². The summed E-state index contributed by atoms with van der Waals surface area (Å²) in [6.07, 6.45) is -4.88. The van der Waals surface area contributed by atoms with Gasteiger partial charge in [0, 0.05) is 12.1 Å². The molecule has 0 fully saturated rings. The van der Waals surface area contributed by atoms with Crippen LogP contribution in [0, 0.1) is 10.1 Å². The average Bonchev–Trinajstić information content (AvgIpc) is 3.32. The van der Waals surface area contributed by atoms with Crippen LogP contribution < -0.4 is 5.32 Å². The van der Waals surface area contributed by atoms with E-state index in [1.807, 2.05) is 5.38 Å². The molecule has 0 aliphatic heterocycles. The van der Waals surface area contributed by atoms with Crippen LogP contribution in [-0.2, 0) is 11.0 Å². The van der Waals surface area contributed by atoms with Crippen molar-refractivity contribution in [1.29, 1.82) is 0 Å². The van der Waals surface area contributed by atoms with E-state index in [1.54, 1.807) is 12.1 Å². The summed E-state index contributed by atoms with van der Waals surface area (Å²) in [7, 11) is 0. The van der Waals surface area contributed by atoms with Crippen molar-refractivity contribution in [3.05, 3.63) is 51.4 Å². The van der Waals surface area contributed by atoms with E-state index < -0.39 is 39.2 Å². The van der Waals surface area contributed by atoms with E-state index in [-0.39, 0.29) is 11.1 Å². The van der Waals surface area contributed by atoms with Crippen molar-refractivity contribution < 1.29 is 27.3 Å². The van der Waals surface area contributed by atoms with Gasteiger partial charge < -0.3 is 9.73 Å². The highest BCUT2D eigenvalue weighted by atomic mass is 32.2. The molecular weight excluding hydrogens is 433 g/mol. The average molecular weight is 444 g/mol. The van der Waals surface area contributed by atoms with E-state index in [2.05, 4.69) is 15.5 Å². The first-order valence-corrected chi connectivity index (χ1v) is 9.61. The van der Waals surface area contributed by atoms with Gasteiger partial charge in [-0.3, -0.25) is 14.9 Å². The first-order valence-electron chi connectivity index (χ1n) is 7.85. The van der Waals surface area contributed by atoms with Gasteiger partial charge in [0.2, 0.25) is 5.91 Å². The van der Waals surface area contributed by atoms with Crippen LogP contribution in [0.3, 0.4) is 0 Å². The first-order chi connectivity index (χ1) is 13.6. The second kappa shape index (κ2) is 8.21. The Morgan fingerprint density at radius 3 is 2.72 bits per heavy atom. The van der Waals surface area contributed by atoms with Gasteiger partial charge in [0.25, 0.3) is 16.8 Å². The molecule has 2 heterocycles. The molecular formula is C16H11F3N4O4S2. The maximum Gasteiger partial charge on any atom is 0.418 e. The van der Waals surface area contributed by atoms with E-state index in [0.29, 0.717) is 6.07 Å². The first kappa shape index (κ1) is 20.8. The highest BCUT2D eigenvalue weighted by Crippen LogP contribution is 2.37. The zero-order chi connectivity index (χ0) is 21.2. The summed E-state index contributed by atoms with van der Waals surface area (Å²) >= 11 is 2.26. The Bertz CT molecular complexity index is 1040. The fourth-order valence-corrected chi connectivity index (χ4v) is 3.51. The number of nitro benzene ring substituents is 1. The monoisotopic (exact) mass is 444 g/mol. The Kier molecular flexibility index (Phi) is 5.88. The number of non-ortho nitro benzene ring substituents is 1. The van der Waals surface area contributed by atoms with Crippen molar-refractivity contribution >= 4 is 40.4 Å². The molecule has 0 spiro atoms. The summed E-state index contributed by atoms with van der Waals surface area (Å²) in [5.74, 6) is -0.491. The molecule has 2 aromatic heterocycles. The summed E-state index contributed by atoms with van der Waals surface area (Å²) < 4.78 is 45.1.